The first-order valence-corrected chi connectivity index (χ1v) is 12.2. The number of amides is 1. The summed E-state index contributed by atoms with van der Waals surface area (Å²) in [6.07, 6.45) is 5.54. The van der Waals surface area contributed by atoms with Crippen LogP contribution in [0.15, 0.2) is 24.3 Å². The largest absolute Gasteiger partial charge is 0.492 e. The van der Waals surface area contributed by atoms with E-state index in [1.807, 2.05) is 45.5 Å². The minimum atomic E-state index is 0.330. The van der Waals surface area contributed by atoms with Crippen LogP contribution in [0.25, 0.3) is 0 Å². The predicted octanol–water partition coefficient (Wildman–Crippen LogP) is 4.45. The van der Waals surface area contributed by atoms with E-state index in [1.165, 1.54) is 25.0 Å². The molecule has 6 heteroatoms. The van der Waals surface area contributed by atoms with Crippen LogP contribution in [-0.4, -0.2) is 54.6 Å². The molecule has 0 spiro atoms. The zero-order chi connectivity index (χ0) is 18.2. The van der Waals surface area contributed by atoms with Gasteiger partial charge in [0.2, 0.25) is 5.91 Å². The molecule has 4 nitrogen and oxygen atoms in total. The van der Waals surface area contributed by atoms with Crippen LogP contribution in [0.4, 0.5) is 5.69 Å². The van der Waals surface area contributed by atoms with Crippen molar-refractivity contribution < 1.29 is 9.53 Å². The second kappa shape index (κ2) is 10.4. The van der Waals surface area contributed by atoms with Gasteiger partial charge < -0.3 is 14.5 Å². The zero-order valence-electron chi connectivity index (χ0n) is 15.7. The molecule has 1 aromatic carbocycles. The summed E-state index contributed by atoms with van der Waals surface area (Å²) in [5.41, 5.74) is 1.15. The lowest BCUT2D eigenvalue weighted by molar-refractivity contribution is -0.131. The van der Waals surface area contributed by atoms with Gasteiger partial charge in [0.15, 0.2) is 0 Å². The van der Waals surface area contributed by atoms with Gasteiger partial charge in [-0.2, -0.15) is 0 Å². The Morgan fingerprint density at radius 3 is 2.73 bits per heavy atom. The second-order valence-electron chi connectivity index (χ2n) is 6.84. The molecule has 1 atom stereocenters. The molecule has 0 N–H and O–H groups in total. The normalized spacial score (nSPS) is 20.4. The van der Waals surface area contributed by atoms with E-state index in [1.54, 1.807) is 0 Å². The highest BCUT2D eigenvalue weighted by Crippen LogP contribution is 2.39. The number of para-hydroxylation sites is 2. The Hall–Kier alpha value is -1.01. The molecular formula is C20H30N2O2S2. The van der Waals surface area contributed by atoms with Gasteiger partial charge in [0, 0.05) is 43.6 Å². The molecule has 0 radical (unpaired) electrons. The number of carbonyl (C=O) groups excluding carboxylic acids is 1. The van der Waals surface area contributed by atoms with Crippen molar-refractivity contribution in [1.29, 1.82) is 0 Å². The Kier molecular flexibility index (Phi) is 7.86. The first kappa shape index (κ1) is 19.7. The fraction of sp³-hybridized carbons (Fsp3) is 0.650. The Morgan fingerprint density at radius 2 is 2.00 bits per heavy atom. The van der Waals surface area contributed by atoms with Crippen molar-refractivity contribution in [3.8, 4) is 5.75 Å². The number of rotatable bonds is 8. The van der Waals surface area contributed by atoms with Gasteiger partial charge in [-0.3, -0.25) is 4.79 Å². The monoisotopic (exact) mass is 394 g/mol. The quantitative estimate of drug-likeness (QED) is 0.481. The summed E-state index contributed by atoms with van der Waals surface area (Å²) in [7, 11) is 4.04. The van der Waals surface area contributed by atoms with E-state index >= 15 is 0 Å². The molecule has 1 unspecified atom stereocenters. The van der Waals surface area contributed by atoms with Gasteiger partial charge in [-0.05, 0) is 38.3 Å². The summed E-state index contributed by atoms with van der Waals surface area (Å²) >= 11 is 0. The Bertz CT molecular complexity index is 571. The van der Waals surface area contributed by atoms with Gasteiger partial charge in [-0.15, -0.1) is 0 Å². The highest BCUT2D eigenvalue weighted by Gasteiger charge is 2.23. The van der Waals surface area contributed by atoms with Gasteiger partial charge in [0.1, 0.15) is 5.75 Å². The molecule has 0 aliphatic carbocycles. The molecule has 2 aliphatic heterocycles. The number of benzene rings is 1. The number of piperazine rings is 1. The van der Waals surface area contributed by atoms with Crippen molar-refractivity contribution in [1.82, 2.24) is 4.90 Å². The second-order valence-corrected chi connectivity index (χ2v) is 9.63. The minimum absolute atomic E-state index is 0.330. The topological polar surface area (TPSA) is 32.8 Å². The third-order valence-electron chi connectivity index (χ3n) is 5.03. The van der Waals surface area contributed by atoms with Crippen molar-refractivity contribution in [3.63, 3.8) is 0 Å². The molecular weight excluding hydrogens is 364 g/mol. The maximum Gasteiger partial charge on any atom is 0.222 e. The van der Waals surface area contributed by atoms with Gasteiger partial charge in [-0.1, -0.05) is 40.1 Å². The number of anilines is 1. The van der Waals surface area contributed by atoms with Crippen molar-refractivity contribution in [2.75, 3.05) is 43.4 Å². The number of nitrogens with zero attached hydrogens (tertiary/aromatic N) is 2. The highest BCUT2D eigenvalue weighted by molar-refractivity contribution is 8.77. The number of hydrogen-bond acceptors (Lipinski definition) is 5. The Morgan fingerprint density at radius 1 is 1.19 bits per heavy atom. The smallest absolute Gasteiger partial charge is 0.222 e. The lowest BCUT2D eigenvalue weighted by Gasteiger charge is -2.36. The van der Waals surface area contributed by atoms with E-state index in [-0.39, 0.29) is 0 Å². The first-order chi connectivity index (χ1) is 12.8. The van der Waals surface area contributed by atoms with Crippen LogP contribution in [0.5, 0.6) is 5.75 Å². The van der Waals surface area contributed by atoms with Crippen LogP contribution in [0.1, 0.15) is 39.0 Å². The standard InChI is InChI=1S/C20H30N2O2S2/c1-2-24-19-9-5-4-8-18(19)21-12-14-22(15-13-21)20(23)10-6-3-7-17-11-16-25-26-17/h4-5,8-9,17H,2-3,6-7,10-16H2,1H3. The maximum absolute atomic E-state index is 12.5. The third-order valence-corrected chi connectivity index (χ3v) is 8.04. The van der Waals surface area contributed by atoms with Crippen molar-refractivity contribution in [2.24, 2.45) is 0 Å². The van der Waals surface area contributed by atoms with Crippen LogP contribution in [-0.2, 0) is 4.79 Å². The SMILES string of the molecule is CCOc1ccccc1N1CCN(C(=O)CCCCC2CCSS2)CC1. The number of unbranched alkanes of at least 4 members (excludes halogenated alkanes) is 1. The van der Waals surface area contributed by atoms with Gasteiger partial charge >= 0.3 is 0 Å². The van der Waals surface area contributed by atoms with Crippen LogP contribution >= 0.6 is 21.6 Å². The molecule has 2 heterocycles. The summed E-state index contributed by atoms with van der Waals surface area (Å²) < 4.78 is 5.75. The van der Waals surface area contributed by atoms with Crippen molar-refractivity contribution in [2.45, 2.75) is 44.3 Å². The van der Waals surface area contributed by atoms with E-state index in [9.17, 15) is 4.79 Å². The van der Waals surface area contributed by atoms with E-state index in [4.69, 9.17) is 4.74 Å². The summed E-state index contributed by atoms with van der Waals surface area (Å²) in [6, 6.07) is 8.20. The maximum atomic E-state index is 12.5. The van der Waals surface area contributed by atoms with Crippen LogP contribution in [0, 0.1) is 0 Å². The van der Waals surface area contributed by atoms with Gasteiger partial charge in [0.05, 0.1) is 12.3 Å². The molecule has 2 saturated heterocycles. The van der Waals surface area contributed by atoms with Crippen LogP contribution in [0.2, 0.25) is 0 Å². The average molecular weight is 395 g/mol. The summed E-state index contributed by atoms with van der Waals surface area (Å²) in [6.45, 7) is 6.07. The molecule has 2 fully saturated rings. The lowest BCUT2D eigenvalue weighted by Crippen LogP contribution is -2.48. The van der Waals surface area contributed by atoms with Crippen molar-refractivity contribution in [3.05, 3.63) is 24.3 Å². The summed E-state index contributed by atoms with van der Waals surface area (Å²) in [4.78, 5) is 16.9. The first-order valence-electron chi connectivity index (χ1n) is 9.80. The molecule has 2 aliphatic rings. The van der Waals surface area contributed by atoms with E-state index in [0.717, 1.165) is 49.3 Å². The van der Waals surface area contributed by atoms with E-state index < -0.39 is 0 Å². The fourth-order valence-corrected chi connectivity index (χ4v) is 6.59. The zero-order valence-corrected chi connectivity index (χ0v) is 17.3. The molecule has 0 aromatic heterocycles. The average Bonchev–Trinajstić information content (AvgIpc) is 3.19. The van der Waals surface area contributed by atoms with Gasteiger partial charge in [0.25, 0.3) is 0 Å². The summed E-state index contributed by atoms with van der Waals surface area (Å²) in [5.74, 6) is 2.57. The Labute approximate surface area is 165 Å². The van der Waals surface area contributed by atoms with E-state index in [2.05, 4.69) is 17.0 Å². The molecule has 0 saturated carbocycles. The highest BCUT2D eigenvalue weighted by atomic mass is 33.1. The van der Waals surface area contributed by atoms with Crippen LogP contribution in [0.3, 0.4) is 0 Å². The molecule has 26 heavy (non-hydrogen) atoms. The molecule has 144 valence electrons. The summed E-state index contributed by atoms with van der Waals surface area (Å²) in [5, 5.41) is 0.823. The molecule has 0 bridgehead atoms. The molecule has 1 aromatic rings. The van der Waals surface area contributed by atoms with Crippen LogP contribution < -0.4 is 9.64 Å². The lowest BCUT2D eigenvalue weighted by atomic mass is 10.1. The third kappa shape index (κ3) is 5.49. The molecule has 1 amide bonds. The molecule has 3 rings (SSSR count). The number of ether oxygens (including phenoxy) is 1. The van der Waals surface area contributed by atoms with Gasteiger partial charge in [-0.25, -0.2) is 0 Å². The van der Waals surface area contributed by atoms with Crippen molar-refractivity contribution >= 4 is 33.2 Å². The predicted molar refractivity (Wildman–Crippen MR) is 113 cm³/mol. The Balaban J connectivity index is 1.39. The minimum Gasteiger partial charge on any atom is -0.492 e. The number of hydrogen-bond donors (Lipinski definition) is 0. The number of carbonyl (C=O) groups is 1. The fourth-order valence-electron chi connectivity index (χ4n) is 3.56. The van der Waals surface area contributed by atoms with E-state index in [0.29, 0.717) is 18.9 Å².